The maximum absolute atomic E-state index is 12.6. The Balaban J connectivity index is 2.05. The summed E-state index contributed by atoms with van der Waals surface area (Å²) in [4.78, 5) is 24.3. The number of carbonyl (C=O) groups excluding carboxylic acids is 2. The molecule has 1 amide bonds. The zero-order valence-electron chi connectivity index (χ0n) is 14.0. The number of carbonyl (C=O) groups is 2. The summed E-state index contributed by atoms with van der Waals surface area (Å²) in [6.07, 6.45) is 2.92. The van der Waals surface area contributed by atoms with Crippen LogP contribution in [0.2, 0.25) is 0 Å². The van der Waals surface area contributed by atoms with Gasteiger partial charge in [-0.2, -0.15) is 0 Å². The van der Waals surface area contributed by atoms with Crippen molar-refractivity contribution in [3.05, 3.63) is 34.3 Å². The van der Waals surface area contributed by atoms with E-state index in [1.54, 1.807) is 0 Å². The van der Waals surface area contributed by atoms with Crippen molar-refractivity contribution < 1.29 is 14.3 Å². The molecule has 0 saturated carbocycles. The molecular weight excluding hydrogens is 374 g/mol. The maximum Gasteiger partial charge on any atom is 0.307 e. The summed E-state index contributed by atoms with van der Waals surface area (Å²) in [5.74, 6) is -0.475. The highest BCUT2D eigenvalue weighted by Gasteiger charge is 2.30. The van der Waals surface area contributed by atoms with Gasteiger partial charge in [-0.1, -0.05) is 41.4 Å². The van der Waals surface area contributed by atoms with Crippen molar-refractivity contribution in [2.45, 2.75) is 50.7 Å². The van der Waals surface area contributed by atoms with E-state index in [1.807, 2.05) is 24.3 Å². The Morgan fingerprint density at radius 1 is 1.42 bits per heavy atom. The van der Waals surface area contributed by atoms with Crippen molar-refractivity contribution in [3.8, 4) is 0 Å². The Bertz CT molecular complexity index is 582. The van der Waals surface area contributed by atoms with Gasteiger partial charge in [0.2, 0.25) is 5.91 Å². The minimum absolute atomic E-state index is 0.0945. The number of benzene rings is 1. The maximum atomic E-state index is 12.6. The van der Waals surface area contributed by atoms with Crippen LogP contribution in [0.3, 0.4) is 0 Å². The standard InChI is InChI=1S/C17H24BrN3O3/c1-3-5-13-9-15(21-20-13)17(23)19-14(10-16(22)24-2)11-6-4-7-12(18)8-11/h4,6-8,13-15,20-21H,3,5,9-10H2,1-2H3,(H,19,23). The summed E-state index contributed by atoms with van der Waals surface area (Å²) in [5.41, 5.74) is 7.05. The van der Waals surface area contributed by atoms with Crippen molar-refractivity contribution in [2.24, 2.45) is 0 Å². The van der Waals surface area contributed by atoms with E-state index in [2.05, 4.69) is 39.0 Å². The molecule has 1 aliphatic rings. The molecule has 1 aliphatic heterocycles. The summed E-state index contributed by atoms with van der Waals surface area (Å²) < 4.78 is 5.65. The van der Waals surface area contributed by atoms with Crippen LogP contribution in [0.25, 0.3) is 0 Å². The average Bonchev–Trinajstić information content (AvgIpc) is 3.03. The second-order valence-corrected chi connectivity index (χ2v) is 6.87. The number of rotatable bonds is 7. The SMILES string of the molecule is CCCC1CC(C(=O)NC(CC(=O)OC)c2cccc(Br)c2)NN1. The second kappa shape index (κ2) is 9.15. The van der Waals surface area contributed by atoms with Crippen molar-refractivity contribution in [2.75, 3.05) is 7.11 Å². The van der Waals surface area contributed by atoms with Crippen molar-refractivity contribution >= 4 is 27.8 Å². The number of nitrogens with one attached hydrogen (secondary N) is 3. The molecular formula is C17H24BrN3O3. The number of hydrogen-bond acceptors (Lipinski definition) is 5. The molecule has 1 saturated heterocycles. The highest BCUT2D eigenvalue weighted by atomic mass is 79.9. The first-order valence-corrected chi connectivity index (χ1v) is 8.96. The van der Waals surface area contributed by atoms with Gasteiger partial charge in [0.1, 0.15) is 6.04 Å². The first kappa shape index (κ1) is 18.9. The van der Waals surface area contributed by atoms with E-state index < -0.39 is 6.04 Å². The summed E-state index contributed by atoms with van der Waals surface area (Å²) in [7, 11) is 1.35. The van der Waals surface area contributed by atoms with E-state index >= 15 is 0 Å². The minimum atomic E-state index is -0.422. The van der Waals surface area contributed by atoms with Gasteiger partial charge in [-0.05, 0) is 30.5 Å². The Kier molecular flexibility index (Phi) is 7.20. The monoisotopic (exact) mass is 397 g/mol. The van der Waals surface area contributed by atoms with Crippen molar-refractivity contribution in [1.29, 1.82) is 0 Å². The molecule has 0 aliphatic carbocycles. The van der Waals surface area contributed by atoms with E-state index in [4.69, 9.17) is 4.74 Å². The zero-order valence-corrected chi connectivity index (χ0v) is 15.6. The molecule has 0 radical (unpaired) electrons. The van der Waals surface area contributed by atoms with Crippen LogP contribution in [0.1, 0.15) is 44.2 Å². The van der Waals surface area contributed by atoms with E-state index in [-0.39, 0.29) is 24.3 Å². The van der Waals surface area contributed by atoms with Crippen molar-refractivity contribution in [3.63, 3.8) is 0 Å². The van der Waals surface area contributed by atoms with Crippen LogP contribution in [-0.2, 0) is 14.3 Å². The number of amides is 1. The Hall–Kier alpha value is -1.44. The van der Waals surface area contributed by atoms with Gasteiger partial charge >= 0.3 is 5.97 Å². The lowest BCUT2D eigenvalue weighted by atomic mass is 10.0. The largest absolute Gasteiger partial charge is 0.469 e. The van der Waals surface area contributed by atoms with Crippen LogP contribution in [0.4, 0.5) is 0 Å². The van der Waals surface area contributed by atoms with Gasteiger partial charge in [0.25, 0.3) is 0 Å². The van der Waals surface area contributed by atoms with Crippen LogP contribution in [-0.4, -0.2) is 31.1 Å². The molecule has 7 heteroatoms. The second-order valence-electron chi connectivity index (χ2n) is 5.96. The number of methoxy groups -OCH3 is 1. The van der Waals surface area contributed by atoms with Gasteiger partial charge in [0.05, 0.1) is 19.6 Å². The fourth-order valence-corrected chi connectivity index (χ4v) is 3.25. The van der Waals surface area contributed by atoms with Crippen LogP contribution < -0.4 is 16.2 Å². The summed E-state index contributed by atoms with van der Waals surface area (Å²) >= 11 is 3.42. The van der Waals surface area contributed by atoms with Gasteiger partial charge in [0, 0.05) is 10.5 Å². The molecule has 3 N–H and O–H groups in total. The Labute approximate surface area is 150 Å². The Morgan fingerprint density at radius 2 is 2.21 bits per heavy atom. The number of ether oxygens (including phenoxy) is 1. The lowest BCUT2D eigenvalue weighted by Crippen LogP contribution is -2.45. The summed E-state index contributed by atoms with van der Waals surface area (Å²) in [6.45, 7) is 2.12. The average molecular weight is 398 g/mol. The van der Waals surface area contributed by atoms with Crippen LogP contribution >= 0.6 is 15.9 Å². The quantitative estimate of drug-likeness (QED) is 0.614. The number of hydrazine groups is 1. The fourth-order valence-electron chi connectivity index (χ4n) is 2.83. The molecule has 2 rings (SSSR count). The summed E-state index contributed by atoms with van der Waals surface area (Å²) in [6, 6.07) is 7.15. The number of halogens is 1. The Morgan fingerprint density at radius 3 is 2.88 bits per heavy atom. The molecule has 3 atom stereocenters. The predicted molar refractivity (Wildman–Crippen MR) is 95.0 cm³/mol. The van der Waals surface area contributed by atoms with Crippen LogP contribution in [0.5, 0.6) is 0 Å². The first-order valence-electron chi connectivity index (χ1n) is 8.17. The van der Waals surface area contributed by atoms with Gasteiger partial charge in [-0.15, -0.1) is 0 Å². The topological polar surface area (TPSA) is 79.5 Å². The minimum Gasteiger partial charge on any atom is -0.469 e. The molecule has 0 bridgehead atoms. The summed E-state index contributed by atoms with van der Waals surface area (Å²) in [5, 5.41) is 2.97. The van der Waals surface area contributed by atoms with Gasteiger partial charge in [-0.3, -0.25) is 15.0 Å². The molecule has 1 fully saturated rings. The third-order valence-corrected chi connectivity index (χ3v) is 4.59. The molecule has 1 aromatic carbocycles. The molecule has 1 aromatic rings. The zero-order chi connectivity index (χ0) is 17.5. The van der Waals surface area contributed by atoms with E-state index in [0.29, 0.717) is 6.04 Å². The highest BCUT2D eigenvalue weighted by Crippen LogP contribution is 2.22. The smallest absolute Gasteiger partial charge is 0.307 e. The fraction of sp³-hybridized carbons (Fsp3) is 0.529. The third-order valence-electron chi connectivity index (χ3n) is 4.10. The van der Waals surface area contributed by atoms with Crippen LogP contribution in [0, 0.1) is 0 Å². The molecule has 24 heavy (non-hydrogen) atoms. The highest BCUT2D eigenvalue weighted by molar-refractivity contribution is 9.10. The normalized spacial score (nSPS) is 21.3. The predicted octanol–water partition coefficient (Wildman–Crippen LogP) is 2.20. The van der Waals surface area contributed by atoms with Crippen LogP contribution in [0.15, 0.2) is 28.7 Å². The molecule has 3 unspecified atom stereocenters. The van der Waals surface area contributed by atoms with E-state index in [9.17, 15) is 9.59 Å². The molecule has 1 heterocycles. The van der Waals surface area contributed by atoms with Crippen molar-refractivity contribution in [1.82, 2.24) is 16.2 Å². The van der Waals surface area contributed by atoms with Gasteiger partial charge in [-0.25, -0.2) is 5.43 Å². The lowest BCUT2D eigenvalue weighted by molar-refractivity contribution is -0.141. The molecule has 0 spiro atoms. The molecule has 6 nitrogen and oxygen atoms in total. The van der Waals surface area contributed by atoms with E-state index in [1.165, 1.54) is 7.11 Å². The number of esters is 1. The van der Waals surface area contributed by atoms with Gasteiger partial charge < -0.3 is 10.1 Å². The molecule has 132 valence electrons. The third kappa shape index (κ3) is 5.29. The van der Waals surface area contributed by atoms with E-state index in [0.717, 1.165) is 29.3 Å². The molecule has 0 aromatic heterocycles. The lowest BCUT2D eigenvalue weighted by Gasteiger charge is -2.20. The first-order chi connectivity index (χ1) is 11.5. The number of hydrogen-bond donors (Lipinski definition) is 3. The van der Waals surface area contributed by atoms with Gasteiger partial charge in [0.15, 0.2) is 0 Å².